The van der Waals surface area contributed by atoms with Crippen molar-refractivity contribution in [2.75, 3.05) is 11.9 Å². The first-order valence-electron chi connectivity index (χ1n) is 10.3. The molecule has 1 heterocycles. The van der Waals surface area contributed by atoms with Crippen LogP contribution in [0.25, 0.3) is 0 Å². The lowest BCUT2D eigenvalue weighted by molar-refractivity contribution is -0.0770. The number of rotatable bonds is 9. The van der Waals surface area contributed by atoms with Gasteiger partial charge in [0.1, 0.15) is 5.75 Å². The van der Waals surface area contributed by atoms with Gasteiger partial charge in [0.25, 0.3) is 0 Å². The summed E-state index contributed by atoms with van der Waals surface area (Å²) in [5.74, 6) is 1.45. The zero-order valence-corrected chi connectivity index (χ0v) is 16.9. The number of benzene rings is 2. The van der Waals surface area contributed by atoms with Crippen molar-refractivity contribution in [2.45, 2.75) is 64.9 Å². The lowest BCUT2D eigenvalue weighted by Crippen LogP contribution is -2.19. The fraction of sp³-hybridized carbons (Fsp3) is 0.500. The minimum atomic E-state index is -0.124. The number of nitrogens with zero attached hydrogens (tertiary/aromatic N) is 1. The van der Waals surface area contributed by atoms with E-state index >= 15 is 0 Å². The largest absolute Gasteiger partial charge is 0.465 e. The molecule has 3 nitrogen and oxygen atoms in total. The monoisotopic (exact) mass is 367 g/mol. The minimum absolute atomic E-state index is 0.124. The first-order valence-corrected chi connectivity index (χ1v) is 10.3. The first kappa shape index (κ1) is 19.8. The Morgan fingerprint density at radius 3 is 2.67 bits per heavy atom. The molecular weight excluding hydrogens is 334 g/mol. The molecule has 0 aromatic heterocycles. The molecule has 0 aliphatic carbocycles. The van der Waals surface area contributed by atoms with Crippen molar-refractivity contribution >= 4 is 5.69 Å². The van der Waals surface area contributed by atoms with Gasteiger partial charge in [-0.1, -0.05) is 69.5 Å². The summed E-state index contributed by atoms with van der Waals surface area (Å²) in [7, 11) is 2.12. The summed E-state index contributed by atoms with van der Waals surface area (Å²) in [6.07, 6.45) is 6.12. The summed E-state index contributed by atoms with van der Waals surface area (Å²) in [5.41, 5.74) is 2.45. The van der Waals surface area contributed by atoms with E-state index in [4.69, 9.17) is 9.47 Å². The Labute approximate surface area is 164 Å². The zero-order chi connectivity index (χ0) is 19.1. The third kappa shape index (κ3) is 5.74. The van der Waals surface area contributed by atoms with Crippen molar-refractivity contribution in [3.8, 4) is 5.75 Å². The highest BCUT2D eigenvalue weighted by atomic mass is 16.7. The molecule has 3 rings (SSSR count). The summed E-state index contributed by atoms with van der Waals surface area (Å²) >= 11 is 0. The van der Waals surface area contributed by atoms with Gasteiger partial charge in [-0.05, 0) is 30.0 Å². The Bertz CT molecular complexity index is 688. The topological polar surface area (TPSA) is 21.7 Å². The van der Waals surface area contributed by atoms with Gasteiger partial charge in [0.15, 0.2) is 6.29 Å². The van der Waals surface area contributed by atoms with Gasteiger partial charge in [0, 0.05) is 31.8 Å². The Morgan fingerprint density at radius 2 is 1.89 bits per heavy atom. The number of hydrogen-bond acceptors (Lipinski definition) is 3. The van der Waals surface area contributed by atoms with E-state index in [0.717, 1.165) is 30.8 Å². The molecule has 3 heteroatoms. The van der Waals surface area contributed by atoms with Crippen LogP contribution in [0.4, 0.5) is 5.69 Å². The Morgan fingerprint density at radius 1 is 1.07 bits per heavy atom. The Kier molecular flexibility index (Phi) is 7.17. The maximum Gasteiger partial charge on any atom is 0.200 e. The second kappa shape index (κ2) is 9.80. The fourth-order valence-corrected chi connectivity index (χ4v) is 3.76. The van der Waals surface area contributed by atoms with Gasteiger partial charge in [-0.3, -0.25) is 0 Å². The van der Waals surface area contributed by atoms with Gasteiger partial charge in [0.2, 0.25) is 0 Å². The summed E-state index contributed by atoms with van der Waals surface area (Å²) in [6, 6.07) is 18.9. The van der Waals surface area contributed by atoms with Crippen LogP contribution >= 0.6 is 0 Å². The summed E-state index contributed by atoms with van der Waals surface area (Å²) in [4.78, 5) is 2.24. The van der Waals surface area contributed by atoms with E-state index in [0.29, 0.717) is 12.0 Å². The molecule has 0 bridgehead atoms. The van der Waals surface area contributed by atoms with Crippen molar-refractivity contribution in [2.24, 2.45) is 5.92 Å². The van der Waals surface area contributed by atoms with E-state index in [1.54, 1.807) is 0 Å². The molecule has 0 spiro atoms. The highest BCUT2D eigenvalue weighted by molar-refractivity contribution is 5.50. The van der Waals surface area contributed by atoms with E-state index in [2.05, 4.69) is 74.3 Å². The van der Waals surface area contributed by atoms with Gasteiger partial charge >= 0.3 is 0 Å². The van der Waals surface area contributed by atoms with Crippen molar-refractivity contribution in [3.63, 3.8) is 0 Å². The minimum Gasteiger partial charge on any atom is -0.465 e. The Hall–Kier alpha value is -2.00. The van der Waals surface area contributed by atoms with Crippen LogP contribution in [0.1, 0.15) is 51.5 Å². The van der Waals surface area contributed by atoms with Gasteiger partial charge < -0.3 is 14.4 Å². The summed E-state index contributed by atoms with van der Waals surface area (Å²) in [5, 5.41) is 0. The molecule has 0 radical (unpaired) electrons. The fourth-order valence-electron chi connectivity index (χ4n) is 3.76. The van der Waals surface area contributed by atoms with Gasteiger partial charge in [-0.25, -0.2) is 0 Å². The number of anilines is 1. The first-order chi connectivity index (χ1) is 13.2. The van der Waals surface area contributed by atoms with Crippen LogP contribution in [0.5, 0.6) is 5.75 Å². The van der Waals surface area contributed by atoms with Crippen LogP contribution in [-0.2, 0) is 11.3 Å². The van der Waals surface area contributed by atoms with E-state index in [1.165, 1.54) is 24.8 Å². The molecule has 0 amide bonds. The number of unbranched alkanes of at least 4 members (excludes halogenated alkanes) is 2. The maximum absolute atomic E-state index is 6.18. The third-order valence-electron chi connectivity index (χ3n) is 5.41. The summed E-state index contributed by atoms with van der Waals surface area (Å²) in [6.45, 7) is 5.40. The highest BCUT2D eigenvalue weighted by Crippen LogP contribution is 2.32. The predicted molar refractivity (Wildman–Crippen MR) is 112 cm³/mol. The molecular formula is C24H33NO2. The van der Waals surface area contributed by atoms with Crippen molar-refractivity contribution in [3.05, 3.63) is 60.2 Å². The standard InChI is InChI=1S/C24H33NO2/c1-4-5-7-15-23-19(2)16-24(27-23)26-22-14-10-13-21(17-22)25(3)18-20-11-8-6-9-12-20/h6,8-14,17,19,23-24H,4-5,7,15-16,18H2,1-3H3/t19-,23?,24?/m1/s1. The predicted octanol–water partition coefficient (Wildman–Crippen LogP) is 6.03. The van der Waals surface area contributed by atoms with Crippen LogP contribution in [0.15, 0.2) is 54.6 Å². The van der Waals surface area contributed by atoms with Gasteiger partial charge in [-0.2, -0.15) is 0 Å². The zero-order valence-electron chi connectivity index (χ0n) is 16.9. The van der Waals surface area contributed by atoms with Crippen molar-refractivity contribution < 1.29 is 9.47 Å². The number of ether oxygens (including phenoxy) is 2. The van der Waals surface area contributed by atoms with Crippen LogP contribution in [-0.4, -0.2) is 19.4 Å². The van der Waals surface area contributed by atoms with Crippen LogP contribution in [0, 0.1) is 5.92 Å². The van der Waals surface area contributed by atoms with E-state index in [-0.39, 0.29) is 6.29 Å². The third-order valence-corrected chi connectivity index (χ3v) is 5.41. The molecule has 3 atom stereocenters. The van der Waals surface area contributed by atoms with E-state index < -0.39 is 0 Å². The normalized spacial score (nSPS) is 22.0. The maximum atomic E-state index is 6.18. The molecule has 1 saturated heterocycles. The summed E-state index contributed by atoms with van der Waals surface area (Å²) < 4.78 is 12.4. The van der Waals surface area contributed by atoms with Crippen LogP contribution in [0.3, 0.4) is 0 Å². The molecule has 1 aliphatic heterocycles. The molecule has 1 fully saturated rings. The van der Waals surface area contributed by atoms with Gasteiger partial charge in [-0.15, -0.1) is 0 Å². The molecule has 2 aromatic rings. The molecule has 27 heavy (non-hydrogen) atoms. The second-order valence-electron chi connectivity index (χ2n) is 7.77. The lowest BCUT2D eigenvalue weighted by atomic mass is 9.99. The van der Waals surface area contributed by atoms with E-state index in [1.807, 2.05) is 6.07 Å². The molecule has 0 N–H and O–H groups in total. The van der Waals surface area contributed by atoms with Gasteiger partial charge in [0.05, 0.1) is 6.10 Å². The average molecular weight is 368 g/mol. The quantitative estimate of drug-likeness (QED) is 0.505. The highest BCUT2D eigenvalue weighted by Gasteiger charge is 2.33. The number of hydrogen-bond donors (Lipinski definition) is 0. The molecule has 1 aliphatic rings. The van der Waals surface area contributed by atoms with E-state index in [9.17, 15) is 0 Å². The molecule has 2 unspecified atom stereocenters. The lowest BCUT2D eigenvalue weighted by Gasteiger charge is -2.21. The average Bonchev–Trinajstić information content (AvgIpc) is 3.02. The van der Waals surface area contributed by atoms with Crippen LogP contribution < -0.4 is 9.64 Å². The molecule has 0 saturated carbocycles. The Balaban J connectivity index is 1.56. The van der Waals surface area contributed by atoms with Crippen LogP contribution in [0.2, 0.25) is 0 Å². The molecule has 2 aromatic carbocycles. The smallest absolute Gasteiger partial charge is 0.200 e. The van der Waals surface area contributed by atoms with Crippen molar-refractivity contribution in [1.29, 1.82) is 0 Å². The molecule has 146 valence electrons. The SMILES string of the molecule is CCCCCC1OC(Oc2cccc(N(C)Cc3ccccc3)c2)C[C@H]1C. The second-order valence-corrected chi connectivity index (χ2v) is 7.77. The van der Waals surface area contributed by atoms with Crippen molar-refractivity contribution in [1.82, 2.24) is 0 Å².